The Hall–Kier alpha value is -2.96. The van der Waals surface area contributed by atoms with Gasteiger partial charge in [-0.3, -0.25) is 9.59 Å². The molecule has 3 aromatic rings. The molecule has 1 aromatic carbocycles. The summed E-state index contributed by atoms with van der Waals surface area (Å²) in [6, 6.07) is 7.45. The lowest BCUT2D eigenvalue weighted by atomic mass is 9.90. The summed E-state index contributed by atoms with van der Waals surface area (Å²) < 4.78 is 1.67. The van der Waals surface area contributed by atoms with E-state index in [1.807, 2.05) is 31.2 Å². The van der Waals surface area contributed by atoms with Crippen molar-refractivity contribution in [2.75, 3.05) is 0 Å². The molecule has 3 rings (SSSR count). The molecule has 0 amide bonds. The van der Waals surface area contributed by atoms with E-state index in [-0.39, 0.29) is 12.0 Å². The molecule has 2 N–H and O–H groups in total. The number of aryl methyl sites for hydroxylation is 3. The minimum absolute atomic E-state index is 0.0645. The first-order valence-corrected chi connectivity index (χ1v) is 12.9. The van der Waals surface area contributed by atoms with Gasteiger partial charge in [-0.1, -0.05) is 79.0 Å². The summed E-state index contributed by atoms with van der Waals surface area (Å²) in [6.07, 6.45) is 8.03. The smallest absolute Gasteiger partial charge is 0.303 e. The van der Waals surface area contributed by atoms with Crippen LogP contribution >= 0.6 is 0 Å². The van der Waals surface area contributed by atoms with Gasteiger partial charge in [0.2, 0.25) is 0 Å². The molecule has 7 nitrogen and oxygen atoms in total. The number of unbranched alkanes of at least 4 members (excludes halogenated alkanes) is 2. The number of aromatic amines is 1. The van der Waals surface area contributed by atoms with Gasteiger partial charge in [0, 0.05) is 18.4 Å². The van der Waals surface area contributed by atoms with Gasteiger partial charge in [-0.25, -0.2) is 9.50 Å². The predicted octanol–water partition coefficient (Wildman–Crippen LogP) is 6.23. The van der Waals surface area contributed by atoms with E-state index >= 15 is 0 Å². The van der Waals surface area contributed by atoms with Crippen LogP contribution in [-0.2, 0) is 24.1 Å². The maximum atomic E-state index is 12.7. The quantitative estimate of drug-likeness (QED) is 0.357. The zero-order valence-corrected chi connectivity index (χ0v) is 22.3. The molecule has 0 saturated heterocycles. The average molecular weight is 483 g/mol. The number of carboxylic acids is 1. The molecule has 0 radical (unpaired) electrons. The first kappa shape index (κ1) is 28.3. The third-order valence-corrected chi connectivity index (χ3v) is 5.84. The van der Waals surface area contributed by atoms with Crippen LogP contribution in [0.25, 0.3) is 16.9 Å². The Morgan fingerprint density at radius 1 is 1.09 bits per heavy atom. The fraction of sp³-hybridized carbons (Fsp3) is 0.571. The number of aliphatic carboxylic acids is 1. The molecule has 0 aliphatic heterocycles. The van der Waals surface area contributed by atoms with Crippen LogP contribution in [0.2, 0.25) is 0 Å². The largest absolute Gasteiger partial charge is 0.481 e. The van der Waals surface area contributed by atoms with Crippen molar-refractivity contribution in [2.45, 2.75) is 99.3 Å². The number of nitrogens with one attached hydrogen (secondary N) is 1. The molecular weight excluding hydrogens is 440 g/mol. The second kappa shape index (κ2) is 13.2. The van der Waals surface area contributed by atoms with Gasteiger partial charge in [0.1, 0.15) is 5.82 Å². The lowest BCUT2D eigenvalue weighted by molar-refractivity contribution is -0.136. The zero-order chi connectivity index (χ0) is 26.0. The van der Waals surface area contributed by atoms with Gasteiger partial charge in [-0.2, -0.15) is 0 Å². The monoisotopic (exact) mass is 482 g/mol. The molecule has 0 bridgehead atoms. The maximum absolute atomic E-state index is 12.7. The van der Waals surface area contributed by atoms with E-state index in [9.17, 15) is 9.59 Å². The zero-order valence-electron chi connectivity index (χ0n) is 22.3. The van der Waals surface area contributed by atoms with Crippen LogP contribution in [0.1, 0.15) is 97.1 Å². The lowest BCUT2D eigenvalue weighted by Crippen LogP contribution is -2.16. The van der Waals surface area contributed by atoms with E-state index in [1.54, 1.807) is 4.52 Å². The minimum Gasteiger partial charge on any atom is -0.481 e. The van der Waals surface area contributed by atoms with Gasteiger partial charge < -0.3 is 10.1 Å². The maximum Gasteiger partial charge on any atom is 0.303 e. The van der Waals surface area contributed by atoms with Gasteiger partial charge in [0.05, 0.1) is 5.69 Å². The number of aromatic nitrogens is 4. The number of benzene rings is 1. The van der Waals surface area contributed by atoms with E-state index in [0.717, 1.165) is 41.9 Å². The number of rotatable bonds is 10. The minimum atomic E-state index is -0.834. The Kier molecular flexibility index (Phi) is 10.7. The molecule has 2 heterocycles. The molecule has 0 fully saturated rings. The lowest BCUT2D eigenvalue weighted by Gasteiger charge is -2.16. The second-order valence-electron chi connectivity index (χ2n) is 10.3. The number of H-pyrrole nitrogens is 1. The Bertz CT molecular complexity index is 1160. The Labute approximate surface area is 209 Å². The molecule has 0 aliphatic rings. The molecule has 35 heavy (non-hydrogen) atoms. The van der Waals surface area contributed by atoms with Gasteiger partial charge in [0.15, 0.2) is 11.3 Å². The third-order valence-electron chi connectivity index (χ3n) is 5.84. The standard InChI is InChI=1S/C20H24N4O3.C8H18/c1-3-5-9-16-21-15(4-2)18-20(27)22-19(23-24(16)18)14-8-6-7-13(12-14)10-11-17(25)26;1-5-6-7-8(2,3)4/h6-8,12H,3-5,9-11H2,1-2H3,(H,25,26)(H,22,23,27);5-7H2,1-4H3. The van der Waals surface area contributed by atoms with Crippen molar-refractivity contribution < 1.29 is 9.90 Å². The number of imidazole rings is 1. The van der Waals surface area contributed by atoms with Gasteiger partial charge in [-0.15, -0.1) is 5.10 Å². The van der Waals surface area contributed by atoms with Crippen molar-refractivity contribution in [3.8, 4) is 11.4 Å². The van der Waals surface area contributed by atoms with E-state index in [4.69, 9.17) is 5.11 Å². The van der Waals surface area contributed by atoms with Crippen LogP contribution < -0.4 is 5.56 Å². The normalized spacial score (nSPS) is 11.4. The Morgan fingerprint density at radius 2 is 1.80 bits per heavy atom. The molecule has 0 aliphatic carbocycles. The highest BCUT2D eigenvalue weighted by molar-refractivity contribution is 5.67. The fourth-order valence-electron chi connectivity index (χ4n) is 3.84. The molecule has 0 spiro atoms. The number of carbonyl (C=O) groups is 1. The predicted molar refractivity (Wildman–Crippen MR) is 142 cm³/mol. The highest BCUT2D eigenvalue weighted by Crippen LogP contribution is 2.21. The van der Waals surface area contributed by atoms with Crippen LogP contribution in [0.4, 0.5) is 0 Å². The average Bonchev–Trinajstić information content (AvgIpc) is 3.18. The summed E-state index contributed by atoms with van der Waals surface area (Å²) >= 11 is 0. The summed E-state index contributed by atoms with van der Waals surface area (Å²) in [6.45, 7) is 13.2. The topological polar surface area (TPSA) is 100 Å². The number of carboxylic acid groups (broad SMARTS) is 1. The molecule has 7 heteroatoms. The number of fused-ring (bicyclic) bond motifs is 1. The van der Waals surface area contributed by atoms with Crippen molar-refractivity contribution in [3.05, 3.63) is 51.7 Å². The van der Waals surface area contributed by atoms with Crippen molar-refractivity contribution in [1.29, 1.82) is 0 Å². The third kappa shape index (κ3) is 8.64. The van der Waals surface area contributed by atoms with Crippen molar-refractivity contribution in [3.63, 3.8) is 0 Å². The highest BCUT2D eigenvalue weighted by atomic mass is 16.4. The molecular formula is C28H42N4O3. The molecule has 0 saturated carbocycles. The number of hydrogen-bond acceptors (Lipinski definition) is 4. The summed E-state index contributed by atoms with van der Waals surface area (Å²) in [7, 11) is 0. The van der Waals surface area contributed by atoms with Gasteiger partial charge in [-0.05, 0) is 42.7 Å². The van der Waals surface area contributed by atoms with Gasteiger partial charge >= 0.3 is 5.97 Å². The Balaban J connectivity index is 0.000000466. The van der Waals surface area contributed by atoms with Crippen LogP contribution in [0.3, 0.4) is 0 Å². The fourth-order valence-corrected chi connectivity index (χ4v) is 3.84. The van der Waals surface area contributed by atoms with Crippen molar-refractivity contribution in [1.82, 2.24) is 19.6 Å². The molecule has 0 atom stereocenters. The molecule has 2 aromatic heterocycles. The summed E-state index contributed by atoms with van der Waals surface area (Å²) in [5.74, 6) is 0.431. The first-order valence-electron chi connectivity index (χ1n) is 12.9. The van der Waals surface area contributed by atoms with Crippen molar-refractivity contribution >= 4 is 11.5 Å². The first-order chi connectivity index (χ1) is 16.6. The van der Waals surface area contributed by atoms with E-state index in [2.05, 4.69) is 49.7 Å². The molecule has 192 valence electrons. The van der Waals surface area contributed by atoms with E-state index < -0.39 is 5.97 Å². The number of nitrogens with zero attached hydrogens (tertiary/aromatic N) is 3. The summed E-state index contributed by atoms with van der Waals surface area (Å²) in [5.41, 5.74) is 3.26. The highest BCUT2D eigenvalue weighted by Gasteiger charge is 2.16. The van der Waals surface area contributed by atoms with Crippen molar-refractivity contribution in [2.24, 2.45) is 5.41 Å². The second-order valence-corrected chi connectivity index (χ2v) is 10.3. The van der Waals surface area contributed by atoms with Crippen LogP contribution in [0, 0.1) is 5.41 Å². The number of hydrogen-bond donors (Lipinski definition) is 2. The SMILES string of the molecule is CCCCC(C)(C)C.CCCCc1nc(CC)c2c(=O)[nH]c(-c3cccc(CCC(=O)O)c3)nn12. The van der Waals surface area contributed by atoms with Gasteiger partial charge in [0.25, 0.3) is 5.56 Å². The summed E-state index contributed by atoms with van der Waals surface area (Å²) in [5, 5.41) is 13.5. The van der Waals surface area contributed by atoms with Crippen LogP contribution in [-0.4, -0.2) is 30.7 Å². The molecule has 0 unspecified atom stereocenters. The Morgan fingerprint density at radius 3 is 2.37 bits per heavy atom. The van der Waals surface area contributed by atoms with E-state index in [1.165, 1.54) is 19.3 Å². The van der Waals surface area contributed by atoms with Crippen LogP contribution in [0.15, 0.2) is 29.1 Å². The van der Waals surface area contributed by atoms with E-state index in [0.29, 0.717) is 29.6 Å². The van der Waals surface area contributed by atoms with Crippen LogP contribution in [0.5, 0.6) is 0 Å². The summed E-state index contributed by atoms with van der Waals surface area (Å²) in [4.78, 5) is 31.0.